The standard InChI is InChI=1S/C9H20O4P2/c1-6-12-15(11,13-7-2)9(4)14(5,10)8-3/h4,6-8H2,1-3,5H3. The minimum atomic E-state index is -3.41. The van der Waals surface area contributed by atoms with Gasteiger partial charge < -0.3 is 13.6 Å². The van der Waals surface area contributed by atoms with Gasteiger partial charge in [-0.05, 0) is 20.5 Å². The van der Waals surface area contributed by atoms with E-state index in [2.05, 4.69) is 6.58 Å². The molecule has 0 saturated carbocycles. The highest BCUT2D eigenvalue weighted by atomic mass is 31.2. The van der Waals surface area contributed by atoms with Crippen LogP contribution in [0.3, 0.4) is 0 Å². The zero-order chi connectivity index (χ0) is 12.1. The second-order valence-electron chi connectivity index (χ2n) is 3.17. The van der Waals surface area contributed by atoms with Gasteiger partial charge >= 0.3 is 7.60 Å². The lowest BCUT2D eigenvalue weighted by Gasteiger charge is -2.22. The second kappa shape index (κ2) is 6.00. The van der Waals surface area contributed by atoms with Crippen LogP contribution < -0.4 is 0 Å². The fraction of sp³-hybridized carbons (Fsp3) is 0.778. The Balaban J connectivity index is 5.02. The van der Waals surface area contributed by atoms with Crippen molar-refractivity contribution in [2.24, 2.45) is 0 Å². The summed E-state index contributed by atoms with van der Waals surface area (Å²) in [6.07, 6.45) is 0.413. The average molecular weight is 254 g/mol. The summed E-state index contributed by atoms with van der Waals surface area (Å²) in [6, 6.07) is 0. The third-order valence-electron chi connectivity index (χ3n) is 2.06. The smallest absolute Gasteiger partial charge is 0.319 e. The fourth-order valence-corrected chi connectivity index (χ4v) is 5.23. The van der Waals surface area contributed by atoms with Crippen molar-refractivity contribution in [2.45, 2.75) is 20.8 Å². The number of rotatable bonds is 7. The van der Waals surface area contributed by atoms with Crippen molar-refractivity contribution in [2.75, 3.05) is 26.0 Å². The molecule has 0 aliphatic carbocycles. The van der Waals surface area contributed by atoms with E-state index in [1.54, 1.807) is 27.4 Å². The third-order valence-corrected chi connectivity index (χ3v) is 8.20. The van der Waals surface area contributed by atoms with Gasteiger partial charge in [0.15, 0.2) is 0 Å². The predicted molar refractivity (Wildman–Crippen MR) is 64.1 cm³/mol. The van der Waals surface area contributed by atoms with Crippen molar-refractivity contribution in [1.82, 2.24) is 0 Å². The highest BCUT2D eigenvalue weighted by molar-refractivity contribution is 7.83. The summed E-state index contributed by atoms with van der Waals surface area (Å²) in [5.74, 6) is 0. The van der Waals surface area contributed by atoms with Gasteiger partial charge in [-0.25, -0.2) is 0 Å². The Hall–Kier alpha value is 0.120. The van der Waals surface area contributed by atoms with Crippen LogP contribution in [0.15, 0.2) is 11.6 Å². The van der Waals surface area contributed by atoms with E-state index in [-0.39, 0.29) is 18.3 Å². The van der Waals surface area contributed by atoms with E-state index in [1.165, 1.54) is 0 Å². The molecular weight excluding hydrogens is 234 g/mol. The Labute approximate surface area is 91.9 Å². The number of hydrogen-bond donors (Lipinski definition) is 0. The van der Waals surface area contributed by atoms with Crippen molar-refractivity contribution in [1.29, 1.82) is 0 Å². The molecule has 0 heterocycles. The molecule has 0 radical (unpaired) electrons. The molecule has 0 rings (SSSR count). The van der Waals surface area contributed by atoms with Crippen LogP contribution in [0.5, 0.6) is 0 Å². The summed E-state index contributed by atoms with van der Waals surface area (Å²) in [4.78, 5) is 0. The zero-order valence-corrected chi connectivity index (χ0v) is 11.6. The summed E-state index contributed by atoms with van der Waals surface area (Å²) in [5, 5.41) is 0.126. The van der Waals surface area contributed by atoms with Gasteiger partial charge in [0.05, 0.1) is 18.3 Å². The maximum absolute atomic E-state index is 12.2. The maximum Gasteiger partial charge on any atom is 0.364 e. The Morgan fingerprint density at radius 2 is 1.53 bits per heavy atom. The van der Waals surface area contributed by atoms with Gasteiger partial charge in [-0.1, -0.05) is 13.5 Å². The molecule has 0 fully saturated rings. The Kier molecular flexibility index (Phi) is 6.05. The molecule has 0 aliphatic heterocycles. The van der Waals surface area contributed by atoms with Gasteiger partial charge in [0.25, 0.3) is 0 Å². The topological polar surface area (TPSA) is 52.6 Å². The molecule has 15 heavy (non-hydrogen) atoms. The van der Waals surface area contributed by atoms with Crippen molar-refractivity contribution in [3.05, 3.63) is 11.6 Å². The summed E-state index contributed by atoms with van der Waals surface area (Å²) >= 11 is 0. The van der Waals surface area contributed by atoms with Crippen LogP contribution in [0, 0.1) is 0 Å². The molecule has 0 spiro atoms. The van der Waals surface area contributed by atoms with E-state index in [4.69, 9.17) is 9.05 Å². The van der Waals surface area contributed by atoms with Crippen molar-refractivity contribution >= 4 is 14.7 Å². The normalized spacial score (nSPS) is 16.0. The van der Waals surface area contributed by atoms with E-state index in [1.807, 2.05) is 0 Å². The minimum Gasteiger partial charge on any atom is -0.319 e. The summed E-state index contributed by atoms with van der Waals surface area (Å²) in [5.41, 5.74) is 0. The molecule has 0 aromatic heterocycles. The van der Waals surface area contributed by atoms with E-state index < -0.39 is 14.7 Å². The molecule has 1 unspecified atom stereocenters. The lowest BCUT2D eigenvalue weighted by Crippen LogP contribution is -1.99. The van der Waals surface area contributed by atoms with E-state index in [0.717, 1.165) is 0 Å². The van der Waals surface area contributed by atoms with E-state index in [9.17, 15) is 9.13 Å². The molecule has 1 atom stereocenters. The van der Waals surface area contributed by atoms with Crippen LogP contribution in [-0.4, -0.2) is 26.0 Å². The zero-order valence-electron chi connectivity index (χ0n) is 9.86. The van der Waals surface area contributed by atoms with Gasteiger partial charge in [0.2, 0.25) is 0 Å². The lowest BCUT2D eigenvalue weighted by atomic mass is 10.9. The van der Waals surface area contributed by atoms with Gasteiger partial charge in [-0.2, -0.15) is 0 Å². The summed E-state index contributed by atoms with van der Waals surface area (Å²) in [7, 11) is -6.06. The third kappa shape index (κ3) is 3.88. The Morgan fingerprint density at radius 1 is 1.13 bits per heavy atom. The van der Waals surface area contributed by atoms with Crippen LogP contribution in [0.4, 0.5) is 0 Å². The van der Waals surface area contributed by atoms with Crippen LogP contribution in [0.2, 0.25) is 0 Å². The van der Waals surface area contributed by atoms with E-state index in [0.29, 0.717) is 6.16 Å². The molecule has 0 bridgehead atoms. The summed E-state index contributed by atoms with van der Waals surface area (Å²) < 4.78 is 34.4. The van der Waals surface area contributed by atoms with Crippen LogP contribution in [-0.2, 0) is 18.2 Å². The molecule has 0 amide bonds. The average Bonchev–Trinajstić information content (AvgIpc) is 2.17. The number of hydrogen-bond acceptors (Lipinski definition) is 4. The highest BCUT2D eigenvalue weighted by Gasteiger charge is 2.36. The molecule has 0 N–H and O–H groups in total. The van der Waals surface area contributed by atoms with Crippen molar-refractivity contribution in [3.63, 3.8) is 0 Å². The maximum atomic E-state index is 12.2. The lowest BCUT2D eigenvalue weighted by molar-refractivity contribution is 0.228. The first-order valence-electron chi connectivity index (χ1n) is 4.99. The molecular formula is C9H20O4P2. The van der Waals surface area contributed by atoms with Gasteiger partial charge in [-0.3, -0.25) is 4.57 Å². The predicted octanol–water partition coefficient (Wildman–Crippen LogP) is 3.74. The van der Waals surface area contributed by atoms with Gasteiger partial charge in [0.1, 0.15) is 7.14 Å². The van der Waals surface area contributed by atoms with Crippen LogP contribution in [0.25, 0.3) is 0 Å². The summed E-state index contributed by atoms with van der Waals surface area (Å²) in [6.45, 7) is 10.9. The highest BCUT2D eigenvalue weighted by Crippen LogP contribution is 2.70. The quantitative estimate of drug-likeness (QED) is 0.649. The minimum absolute atomic E-state index is 0.126. The SMILES string of the molecule is C=C(P(C)(=O)CC)P(=O)(OCC)OCC. The van der Waals surface area contributed by atoms with E-state index >= 15 is 0 Å². The monoisotopic (exact) mass is 254 g/mol. The van der Waals surface area contributed by atoms with Crippen molar-refractivity contribution < 1.29 is 18.2 Å². The molecule has 4 nitrogen and oxygen atoms in total. The van der Waals surface area contributed by atoms with Gasteiger partial charge in [-0.15, -0.1) is 0 Å². The molecule has 90 valence electrons. The first-order valence-corrected chi connectivity index (χ1v) is 8.88. The first-order chi connectivity index (χ1) is 6.84. The second-order valence-corrected chi connectivity index (χ2v) is 8.94. The Morgan fingerprint density at radius 3 is 1.80 bits per heavy atom. The fourth-order valence-electron chi connectivity index (χ4n) is 0.968. The van der Waals surface area contributed by atoms with Crippen LogP contribution in [0.1, 0.15) is 20.8 Å². The van der Waals surface area contributed by atoms with Crippen LogP contribution >= 0.6 is 14.7 Å². The molecule has 6 heteroatoms. The molecule has 0 aromatic rings. The van der Waals surface area contributed by atoms with Crippen molar-refractivity contribution in [3.8, 4) is 0 Å². The molecule has 0 aliphatic rings. The first kappa shape index (κ1) is 15.1. The van der Waals surface area contributed by atoms with Gasteiger partial charge in [0, 0.05) is 6.16 Å². The molecule has 0 saturated heterocycles. The Bertz CT molecular complexity index is 301. The largest absolute Gasteiger partial charge is 0.364 e. The molecule has 0 aromatic carbocycles.